The van der Waals surface area contributed by atoms with Crippen LogP contribution in [-0.4, -0.2) is 49.5 Å². The summed E-state index contributed by atoms with van der Waals surface area (Å²) in [6.45, 7) is 0. The molecule has 1 fully saturated rings. The number of likely N-dealkylation sites (N-methyl/N-ethyl adjacent to an activating group) is 1. The van der Waals surface area contributed by atoms with Gasteiger partial charge in [-0.15, -0.1) is 0 Å². The molecule has 4 rings (SSSR count). The lowest BCUT2D eigenvalue weighted by atomic mass is 9.80. The van der Waals surface area contributed by atoms with Crippen molar-refractivity contribution in [3.05, 3.63) is 108 Å². The molecule has 0 aromatic heterocycles. The molecule has 162 valence electrons. The summed E-state index contributed by atoms with van der Waals surface area (Å²) < 4.78 is 18.3. The Hall–Kier alpha value is -2.54. The summed E-state index contributed by atoms with van der Waals surface area (Å²) in [5.41, 5.74) is 1.97. The van der Waals surface area contributed by atoms with Gasteiger partial charge in [-0.05, 0) is 23.7 Å². The zero-order valence-electron chi connectivity index (χ0n) is 18.1. The molecule has 2 atom stereocenters. The minimum absolute atomic E-state index is 0.273. The van der Waals surface area contributed by atoms with E-state index in [0.717, 1.165) is 16.7 Å². The van der Waals surface area contributed by atoms with Crippen LogP contribution in [0.4, 0.5) is 0 Å². The number of hydrogen-bond donors (Lipinski definition) is 1. The van der Waals surface area contributed by atoms with Gasteiger partial charge in [-0.3, -0.25) is 0 Å². The summed E-state index contributed by atoms with van der Waals surface area (Å²) in [5, 5.41) is 11.0. The number of nitrogens with zero attached hydrogens (tertiary/aromatic N) is 1. The first-order chi connectivity index (χ1) is 15.1. The van der Waals surface area contributed by atoms with Gasteiger partial charge in [0.25, 0.3) is 0 Å². The van der Waals surface area contributed by atoms with Crippen LogP contribution in [0.1, 0.15) is 23.1 Å². The van der Waals surface area contributed by atoms with Crippen LogP contribution in [0.2, 0.25) is 0 Å². The van der Waals surface area contributed by atoms with Crippen LogP contribution in [0.15, 0.2) is 91.0 Å². The van der Waals surface area contributed by atoms with Gasteiger partial charge >= 0.3 is 0 Å². The van der Waals surface area contributed by atoms with Gasteiger partial charge < -0.3 is 19.3 Å². The molecule has 1 N–H and O–H groups in total. The van der Waals surface area contributed by atoms with E-state index in [-0.39, 0.29) is 6.42 Å². The van der Waals surface area contributed by atoms with Gasteiger partial charge in [0, 0.05) is 20.6 Å². The monoisotopic (exact) mass is 419 g/mol. The Kier molecular flexibility index (Phi) is 6.23. The van der Waals surface area contributed by atoms with Crippen LogP contribution >= 0.6 is 0 Å². The van der Waals surface area contributed by atoms with Gasteiger partial charge in [-0.1, -0.05) is 91.0 Å². The number of aliphatic hydroxyl groups excluding tert-OH is 1. The highest BCUT2D eigenvalue weighted by Gasteiger charge is 2.54. The van der Waals surface area contributed by atoms with Gasteiger partial charge in [0.1, 0.15) is 17.9 Å². The number of hydrogen-bond acceptors (Lipinski definition) is 5. The van der Waals surface area contributed by atoms with Gasteiger partial charge in [-0.25, -0.2) is 4.90 Å². The Morgan fingerprint density at radius 2 is 1.16 bits per heavy atom. The third kappa shape index (κ3) is 3.69. The molecule has 0 spiro atoms. The second kappa shape index (κ2) is 8.91. The van der Waals surface area contributed by atoms with Crippen LogP contribution in [0, 0.1) is 0 Å². The Bertz CT molecular complexity index is 864. The molecule has 3 aromatic carbocycles. The molecular formula is C26H29NO4. The molecule has 3 aromatic rings. The number of ether oxygens (including phenoxy) is 3. The average Bonchev–Trinajstić information content (AvgIpc) is 3.08. The Morgan fingerprint density at radius 1 is 0.774 bits per heavy atom. The average molecular weight is 420 g/mol. The molecule has 0 aliphatic carbocycles. The number of aliphatic hydroxyl groups is 1. The maximum atomic E-state index is 11.0. The molecule has 0 amide bonds. The fourth-order valence-electron chi connectivity index (χ4n) is 4.56. The molecule has 0 bridgehead atoms. The Morgan fingerprint density at radius 3 is 1.48 bits per heavy atom. The normalized spacial score (nSPS) is 21.3. The van der Waals surface area contributed by atoms with E-state index in [9.17, 15) is 5.11 Å². The predicted octanol–water partition coefficient (Wildman–Crippen LogP) is 3.96. The maximum absolute atomic E-state index is 11.0. The highest BCUT2D eigenvalue weighted by molar-refractivity contribution is 5.47. The molecule has 1 aliphatic heterocycles. The number of rotatable bonds is 7. The lowest BCUT2D eigenvalue weighted by molar-refractivity contribution is -0.298. The van der Waals surface area contributed by atoms with Crippen LogP contribution in [0.25, 0.3) is 0 Å². The topological polar surface area (TPSA) is 51.2 Å². The second-order valence-electron chi connectivity index (χ2n) is 7.79. The van der Waals surface area contributed by atoms with E-state index in [0.29, 0.717) is 0 Å². The van der Waals surface area contributed by atoms with Crippen molar-refractivity contribution >= 4 is 0 Å². The van der Waals surface area contributed by atoms with Crippen molar-refractivity contribution in [1.29, 1.82) is 0 Å². The minimum Gasteiger partial charge on any atom is -0.389 e. The second-order valence-corrected chi connectivity index (χ2v) is 7.79. The minimum atomic E-state index is -1.06. The summed E-state index contributed by atoms with van der Waals surface area (Å²) in [6, 6.07) is 30.3. The Labute approximate surface area is 183 Å². The van der Waals surface area contributed by atoms with Crippen molar-refractivity contribution in [1.82, 2.24) is 4.90 Å². The molecule has 2 unspecified atom stereocenters. The zero-order chi connectivity index (χ0) is 21.9. The first-order valence-corrected chi connectivity index (χ1v) is 10.4. The van der Waals surface area contributed by atoms with Crippen molar-refractivity contribution in [2.45, 2.75) is 30.3 Å². The van der Waals surface area contributed by atoms with Crippen LogP contribution in [-0.2, 0) is 19.8 Å². The summed E-state index contributed by atoms with van der Waals surface area (Å²) in [5.74, 6) is -1.06. The van der Waals surface area contributed by atoms with E-state index in [1.807, 2.05) is 66.5 Å². The van der Waals surface area contributed by atoms with Gasteiger partial charge in [-0.2, -0.15) is 0 Å². The first kappa shape index (κ1) is 21.7. The molecule has 31 heavy (non-hydrogen) atoms. The van der Waals surface area contributed by atoms with Crippen molar-refractivity contribution in [3.63, 3.8) is 0 Å². The highest BCUT2D eigenvalue weighted by atomic mass is 16.7. The lowest BCUT2D eigenvalue weighted by Crippen LogP contribution is -2.51. The Balaban J connectivity index is 1.91. The highest BCUT2D eigenvalue weighted by Crippen LogP contribution is 2.45. The fourth-order valence-corrected chi connectivity index (χ4v) is 4.56. The van der Waals surface area contributed by atoms with Crippen molar-refractivity contribution < 1.29 is 19.3 Å². The molecule has 5 nitrogen and oxygen atoms in total. The molecule has 1 aliphatic rings. The van der Waals surface area contributed by atoms with E-state index >= 15 is 0 Å². The first-order valence-electron chi connectivity index (χ1n) is 10.4. The molecule has 5 heteroatoms. The smallest absolute Gasteiger partial charge is 0.234 e. The molecule has 1 saturated heterocycles. The van der Waals surface area contributed by atoms with Crippen molar-refractivity contribution in [2.75, 3.05) is 21.3 Å². The number of likely N-dealkylation sites (tertiary alicyclic amines) is 1. The quantitative estimate of drug-likeness (QED) is 0.464. The summed E-state index contributed by atoms with van der Waals surface area (Å²) in [4.78, 5) is 1.82. The number of benzene rings is 3. The lowest BCUT2D eigenvalue weighted by Gasteiger charge is -2.42. The third-order valence-corrected chi connectivity index (χ3v) is 6.19. The third-order valence-electron chi connectivity index (χ3n) is 6.19. The van der Waals surface area contributed by atoms with Gasteiger partial charge in [0.2, 0.25) is 5.91 Å². The standard InChI is InChI=1S/C26H29NO4/c1-27-24(23(28)19-25(27,29-2)30-3)31-26(20-13-7-4-8-14-20,21-15-9-5-10-16-21)22-17-11-6-12-18-22/h4-18,23-24,28H,19H2,1-3H3. The van der Waals surface area contributed by atoms with Crippen molar-refractivity contribution in [2.24, 2.45) is 0 Å². The largest absolute Gasteiger partial charge is 0.389 e. The van der Waals surface area contributed by atoms with Gasteiger partial charge in [0.15, 0.2) is 0 Å². The van der Waals surface area contributed by atoms with Crippen LogP contribution < -0.4 is 0 Å². The van der Waals surface area contributed by atoms with Crippen LogP contribution in [0.5, 0.6) is 0 Å². The molecule has 0 radical (unpaired) electrons. The van der Waals surface area contributed by atoms with Crippen LogP contribution in [0.3, 0.4) is 0 Å². The molecule has 0 saturated carbocycles. The van der Waals surface area contributed by atoms with Crippen molar-refractivity contribution in [3.8, 4) is 0 Å². The predicted molar refractivity (Wildman–Crippen MR) is 119 cm³/mol. The SMILES string of the molecule is COC1(OC)CC(O)C(OC(c2ccccc2)(c2ccccc2)c2ccccc2)N1C. The summed E-state index contributed by atoms with van der Waals surface area (Å²) >= 11 is 0. The summed E-state index contributed by atoms with van der Waals surface area (Å²) in [7, 11) is 5.00. The van der Waals surface area contributed by atoms with E-state index < -0.39 is 23.8 Å². The van der Waals surface area contributed by atoms with E-state index in [1.54, 1.807) is 14.2 Å². The summed E-state index contributed by atoms with van der Waals surface area (Å²) in [6.07, 6.45) is -1.20. The number of methoxy groups -OCH3 is 2. The molecule has 1 heterocycles. The van der Waals surface area contributed by atoms with E-state index in [4.69, 9.17) is 14.2 Å². The van der Waals surface area contributed by atoms with E-state index in [1.165, 1.54) is 0 Å². The fraction of sp³-hybridized carbons (Fsp3) is 0.308. The van der Waals surface area contributed by atoms with E-state index in [2.05, 4.69) is 36.4 Å². The maximum Gasteiger partial charge on any atom is 0.234 e. The zero-order valence-corrected chi connectivity index (χ0v) is 18.1. The molecular weight excluding hydrogens is 390 g/mol. The van der Waals surface area contributed by atoms with Gasteiger partial charge in [0.05, 0.1) is 0 Å².